The fraction of sp³-hybridized carbons (Fsp3) is 0.250. The van der Waals surface area contributed by atoms with Crippen LogP contribution >= 0.6 is 23.4 Å². The molecule has 1 aromatic heterocycles. The Labute approximate surface area is 120 Å². The molecule has 0 radical (unpaired) electrons. The first-order chi connectivity index (χ1) is 9.08. The first kappa shape index (κ1) is 13.9. The molecule has 1 amide bonds. The third-order valence-electron chi connectivity index (χ3n) is 2.53. The van der Waals surface area contributed by atoms with Gasteiger partial charge in [-0.15, -0.1) is 10.2 Å². The lowest BCUT2D eigenvalue weighted by atomic mass is 10.3. The molecule has 0 fully saturated rings. The second-order valence-electron chi connectivity index (χ2n) is 3.91. The van der Waals surface area contributed by atoms with Gasteiger partial charge < -0.3 is 9.88 Å². The van der Waals surface area contributed by atoms with Gasteiger partial charge in [0.15, 0.2) is 5.16 Å². The Balaban J connectivity index is 1.92. The van der Waals surface area contributed by atoms with Crippen LogP contribution in [0.5, 0.6) is 0 Å². The quantitative estimate of drug-likeness (QED) is 0.881. The summed E-state index contributed by atoms with van der Waals surface area (Å²) in [6.07, 6.45) is 0. The average molecular weight is 297 g/mol. The minimum absolute atomic E-state index is 0.126. The highest BCUT2D eigenvalue weighted by Crippen LogP contribution is 2.21. The number of halogens is 1. The number of hydrogen-bond donors (Lipinski definition) is 1. The minimum atomic E-state index is -0.126. The number of para-hydroxylation sites is 1. The summed E-state index contributed by atoms with van der Waals surface area (Å²) >= 11 is 7.30. The zero-order valence-corrected chi connectivity index (χ0v) is 12.1. The van der Waals surface area contributed by atoms with Gasteiger partial charge in [0.2, 0.25) is 5.91 Å². The summed E-state index contributed by atoms with van der Waals surface area (Å²) in [6.45, 7) is 1.86. The maximum atomic E-state index is 11.8. The summed E-state index contributed by atoms with van der Waals surface area (Å²) in [6, 6.07) is 7.13. The average Bonchev–Trinajstić information content (AvgIpc) is 2.70. The lowest BCUT2D eigenvalue weighted by Gasteiger charge is -2.06. The molecular weight excluding hydrogens is 284 g/mol. The summed E-state index contributed by atoms with van der Waals surface area (Å²) < 4.78 is 1.84. The molecule has 100 valence electrons. The van der Waals surface area contributed by atoms with Crippen LogP contribution in [0, 0.1) is 6.92 Å². The van der Waals surface area contributed by atoms with Gasteiger partial charge in [-0.25, -0.2) is 0 Å². The summed E-state index contributed by atoms with van der Waals surface area (Å²) in [7, 11) is 1.86. The van der Waals surface area contributed by atoms with Crippen molar-refractivity contribution in [1.82, 2.24) is 14.8 Å². The third kappa shape index (κ3) is 3.48. The summed E-state index contributed by atoms with van der Waals surface area (Å²) in [4.78, 5) is 11.8. The Morgan fingerprint density at radius 1 is 1.42 bits per heavy atom. The monoisotopic (exact) mass is 296 g/mol. The van der Waals surface area contributed by atoms with E-state index in [4.69, 9.17) is 11.6 Å². The van der Waals surface area contributed by atoms with E-state index >= 15 is 0 Å². The van der Waals surface area contributed by atoms with Crippen LogP contribution in [0.15, 0.2) is 29.4 Å². The topological polar surface area (TPSA) is 59.8 Å². The van der Waals surface area contributed by atoms with Crippen molar-refractivity contribution >= 4 is 35.0 Å². The van der Waals surface area contributed by atoms with E-state index in [-0.39, 0.29) is 11.7 Å². The Morgan fingerprint density at radius 2 is 2.16 bits per heavy atom. The molecule has 2 aromatic rings. The molecule has 0 aliphatic rings. The first-order valence-electron chi connectivity index (χ1n) is 5.61. The summed E-state index contributed by atoms with van der Waals surface area (Å²) in [5.41, 5.74) is 0.615. The number of nitrogens with one attached hydrogen (secondary N) is 1. The number of carbonyl (C=O) groups is 1. The molecule has 1 heterocycles. The molecule has 1 aromatic carbocycles. The van der Waals surface area contributed by atoms with Crippen molar-refractivity contribution in [3.05, 3.63) is 35.1 Å². The number of aryl methyl sites for hydroxylation is 1. The van der Waals surface area contributed by atoms with Crippen LogP contribution in [0.2, 0.25) is 5.02 Å². The van der Waals surface area contributed by atoms with Crippen molar-refractivity contribution in [2.75, 3.05) is 11.1 Å². The second-order valence-corrected chi connectivity index (χ2v) is 5.26. The normalized spacial score (nSPS) is 10.5. The maximum Gasteiger partial charge on any atom is 0.234 e. The SMILES string of the molecule is Cc1nnc(SCC(=O)Nc2ccccc2Cl)n1C. The molecule has 0 aliphatic carbocycles. The molecule has 0 unspecified atom stereocenters. The van der Waals surface area contributed by atoms with Crippen molar-refractivity contribution in [1.29, 1.82) is 0 Å². The molecule has 0 atom stereocenters. The standard InChI is InChI=1S/C12H13ClN4OS/c1-8-15-16-12(17(8)2)19-7-11(18)14-10-6-4-3-5-9(10)13/h3-6H,7H2,1-2H3,(H,14,18). The zero-order valence-electron chi connectivity index (χ0n) is 10.6. The Kier molecular flexibility index (Phi) is 4.44. The highest BCUT2D eigenvalue weighted by Gasteiger charge is 2.10. The Morgan fingerprint density at radius 3 is 2.79 bits per heavy atom. The van der Waals surface area contributed by atoms with Gasteiger partial charge in [-0.3, -0.25) is 4.79 Å². The number of benzene rings is 1. The number of anilines is 1. The smallest absolute Gasteiger partial charge is 0.234 e. The first-order valence-corrected chi connectivity index (χ1v) is 6.97. The molecule has 0 saturated carbocycles. The molecule has 5 nitrogen and oxygen atoms in total. The van der Waals surface area contributed by atoms with Gasteiger partial charge in [0.25, 0.3) is 0 Å². The van der Waals surface area contributed by atoms with E-state index in [2.05, 4.69) is 15.5 Å². The zero-order chi connectivity index (χ0) is 13.8. The van der Waals surface area contributed by atoms with Gasteiger partial charge in [0, 0.05) is 7.05 Å². The van der Waals surface area contributed by atoms with Crippen LogP contribution in [0.25, 0.3) is 0 Å². The molecule has 7 heteroatoms. The number of aromatic nitrogens is 3. The van der Waals surface area contributed by atoms with Crippen LogP contribution in [0.4, 0.5) is 5.69 Å². The van der Waals surface area contributed by atoms with Crippen molar-refractivity contribution in [2.45, 2.75) is 12.1 Å². The van der Waals surface area contributed by atoms with Crippen molar-refractivity contribution in [3.8, 4) is 0 Å². The van der Waals surface area contributed by atoms with Crippen LogP contribution in [0.1, 0.15) is 5.82 Å². The molecule has 0 saturated heterocycles. The van der Waals surface area contributed by atoms with Crippen LogP contribution in [0.3, 0.4) is 0 Å². The van der Waals surface area contributed by atoms with E-state index in [9.17, 15) is 4.79 Å². The number of hydrogen-bond acceptors (Lipinski definition) is 4. The minimum Gasteiger partial charge on any atom is -0.324 e. The lowest BCUT2D eigenvalue weighted by Crippen LogP contribution is -2.14. The van der Waals surface area contributed by atoms with E-state index < -0.39 is 0 Å². The maximum absolute atomic E-state index is 11.8. The van der Waals surface area contributed by atoms with Crippen LogP contribution < -0.4 is 5.32 Å². The van der Waals surface area contributed by atoms with E-state index in [1.54, 1.807) is 12.1 Å². The fourth-order valence-electron chi connectivity index (χ4n) is 1.39. The van der Waals surface area contributed by atoms with Gasteiger partial charge in [0.05, 0.1) is 16.5 Å². The number of nitrogens with zero attached hydrogens (tertiary/aromatic N) is 3. The molecular formula is C12H13ClN4OS. The number of thioether (sulfide) groups is 1. The lowest BCUT2D eigenvalue weighted by molar-refractivity contribution is -0.113. The van der Waals surface area contributed by atoms with E-state index in [0.717, 1.165) is 5.82 Å². The number of amides is 1. The van der Waals surface area contributed by atoms with Crippen LogP contribution in [-0.2, 0) is 11.8 Å². The van der Waals surface area contributed by atoms with Gasteiger partial charge in [0.1, 0.15) is 5.82 Å². The highest BCUT2D eigenvalue weighted by atomic mass is 35.5. The predicted octanol–water partition coefficient (Wildman–Crippen LogP) is 2.51. The number of carbonyl (C=O) groups excluding carboxylic acids is 1. The Bertz CT molecular complexity index is 599. The predicted molar refractivity (Wildman–Crippen MR) is 76.5 cm³/mol. The van der Waals surface area contributed by atoms with Crippen molar-refractivity contribution in [3.63, 3.8) is 0 Å². The summed E-state index contributed by atoms with van der Waals surface area (Å²) in [5.74, 6) is 0.949. The van der Waals surface area contributed by atoms with E-state index in [1.807, 2.05) is 30.7 Å². The summed E-state index contributed by atoms with van der Waals surface area (Å²) in [5, 5.41) is 11.9. The third-order valence-corrected chi connectivity index (χ3v) is 3.88. The van der Waals surface area contributed by atoms with Crippen molar-refractivity contribution in [2.24, 2.45) is 7.05 Å². The second kappa shape index (κ2) is 6.08. The molecule has 2 rings (SSSR count). The van der Waals surface area contributed by atoms with Crippen LogP contribution in [-0.4, -0.2) is 26.4 Å². The molecule has 19 heavy (non-hydrogen) atoms. The molecule has 1 N–H and O–H groups in total. The van der Waals surface area contributed by atoms with E-state index in [0.29, 0.717) is 15.9 Å². The molecule has 0 aliphatic heterocycles. The molecule has 0 spiro atoms. The Hall–Kier alpha value is -1.53. The number of rotatable bonds is 4. The van der Waals surface area contributed by atoms with Gasteiger partial charge in [-0.2, -0.15) is 0 Å². The highest BCUT2D eigenvalue weighted by molar-refractivity contribution is 7.99. The fourth-order valence-corrected chi connectivity index (χ4v) is 2.33. The largest absolute Gasteiger partial charge is 0.324 e. The van der Waals surface area contributed by atoms with E-state index in [1.165, 1.54) is 11.8 Å². The molecule has 0 bridgehead atoms. The van der Waals surface area contributed by atoms with Gasteiger partial charge >= 0.3 is 0 Å². The van der Waals surface area contributed by atoms with Gasteiger partial charge in [-0.05, 0) is 19.1 Å². The van der Waals surface area contributed by atoms with Gasteiger partial charge in [-0.1, -0.05) is 35.5 Å². The van der Waals surface area contributed by atoms with Crippen molar-refractivity contribution < 1.29 is 4.79 Å².